The largest absolute Gasteiger partial charge is 0.489 e. The highest BCUT2D eigenvalue weighted by Gasteiger charge is 2.21. The number of ether oxygens (including phenoxy) is 1. The lowest BCUT2D eigenvalue weighted by molar-refractivity contribution is 0.0949. The van der Waals surface area contributed by atoms with E-state index in [4.69, 9.17) is 4.74 Å². The van der Waals surface area contributed by atoms with Gasteiger partial charge in [0.15, 0.2) is 5.69 Å². The fourth-order valence-corrected chi connectivity index (χ4v) is 3.28. The average molecular weight is 374 g/mol. The highest BCUT2D eigenvalue weighted by Crippen LogP contribution is 2.22. The third kappa shape index (κ3) is 4.28. The number of carbonyl (C=O) groups excluding carboxylic acids is 1. The molecule has 0 spiro atoms. The molecule has 0 bridgehead atoms. The summed E-state index contributed by atoms with van der Waals surface area (Å²) in [6, 6.07) is 17.6. The number of carbonyl (C=O) groups is 1. The summed E-state index contributed by atoms with van der Waals surface area (Å²) in [4.78, 5) is 12.3. The van der Waals surface area contributed by atoms with Crippen LogP contribution in [0.15, 0.2) is 59.7 Å². The predicted molar refractivity (Wildman–Crippen MR) is 108 cm³/mol. The first-order chi connectivity index (χ1) is 13.8. The highest BCUT2D eigenvalue weighted by molar-refractivity contribution is 5.94. The molecule has 0 atom stereocenters. The number of aromatic amines is 1. The number of nitrogens with one attached hydrogen (secondary N) is 2. The lowest BCUT2D eigenvalue weighted by Crippen LogP contribution is -2.20. The topological polar surface area (TPSA) is 79.4 Å². The van der Waals surface area contributed by atoms with Crippen molar-refractivity contribution in [3.63, 3.8) is 0 Å². The summed E-state index contributed by atoms with van der Waals surface area (Å²) in [5, 5.41) is 11.2. The number of aromatic nitrogens is 2. The van der Waals surface area contributed by atoms with Crippen LogP contribution in [0.1, 0.15) is 45.7 Å². The van der Waals surface area contributed by atoms with E-state index in [-0.39, 0.29) is 5.91 Å². The maximum Gasteiger partial charge on any atom is 0.292 e. The number of hydrogen-bond donors (Lipinski definition) is 2. The van der Waals surface area contributed by atoms with Gasteiger partial charge in [0.2, 0.25) is 0 Å². The minimum absolute atomic E-state index is 0.279. The molecule has 4 rings (SSSR count). The van der Waals surface area contributed by atoms with Crippen LogP contribution in [-0.2, 0) is 19.4 Å². The lowest BCUT2D eigenvalue weighted by Gasteiger charge is -2.10. The third-order valence-electron chi connectivity index (χ3n) is 4.78. The normalized spacial score (nSPS) is 13.3. The molecule has 1 heterocycles. The molecule has 2 N–H and O–H groups in total. The Balaban J connectivity index is 1.31. The fourth-order valence-electron chi connectivity index (χ4n) is 3.28. The molecule has 0 aliphatic heterocycles. The van der Waals surface area contributed by atoms with Gasteiger partial charge < -0.3 is 4.74 Å². The van der Waals surface area contributed by atoms with Crippen molar-refractivity contribution in [1.82, 2.24) is 15.6 Å². The molecule has 0 saturated heterocycles. The van der Waals surface area contributed by atoms with E-state index in [2.05, 4.69) is 20.7 Å². The highest BCUT2D eigenvalue weighted by atomic mass is 16.5. The van der Waals surface area contributed by atoms with Gasteiger partial charge in [-0.3, -0.25) is 9.89 Å². The standard InChI is InChI=1S/C22H22N4O2/c27-22(21-19-8-4-5-9-20(19)24-25-21)26-23-14-16-10-12-18(13-11-16)28-15-17-6-2-1-3-7-17/h1-3,6-7,10-14H,4-5,8-9,15H2,(H,24,25)(H,26,27). The molecule has 28 heavy (non-hydrogen) atoms. The minimum atomic E-state index is -0.279. The molecule has 3 aromatic rings. The number of rotatable bonds is 6. The Morgan fingerprint density at radius 1 is 1.11 bits per heavy atom. The van der Waals surface area contributed by atoms with Crippen LogP contribution in [0.25, 0.3) is 0 Å². The second-order valence-electron chi connectivity index (χ2n) is 6.78. The Hall–Kier alpha value is -3.41. The smallest absolute Gasteiger partial charge is 0.292 e. The van der Waals surface area contributed by atoms with Gasteiger partial charge in [-0.15, -0.1) is 0 Å². The van der Waals surface area contributed by atoms with E-state index in [0.29, 0.717) is 12.3 Å². The Morgan fingerprint density at radius 3 is 2.71 bits per heavy atom. The Labute approximate surface area is 163 Å². The zero-order chi connectivity index (χ0) is 19.2. The van der Waals surface area contributed by atoms with E-state index >= 15 is 0 Å². The molecule has 1 aliphatic carbocycles. The molecule has 1 amide bonds. The van der Waals surface area contributed by atoms with Gasteiger partial charge in [-0.2, -0.15) is 10.2 Å². The van der Waals surface area contributed by atoms with Crippen molar-refractivity contribution in [3.05, 3.63) is 82.7 Å². The Bertz CT molecular complexity index is 962. The summed E-state index contributed by atoms with van der Waals surface area (Å²) in [7, 11) is 0. The Morgan fingerprint density at radius 2 is 1.89 bits per heavy atom. The SMILES string of the molecule is O=C(NN=Cc1ccc(OCc2ccccc2)cc1)c1n[nH]c2c1CCCC2. The number of benzene rings is 2. The van der Waals surface area contributed by atoms with Crippen LogP contribution in [0.2, 0.25) is 0 Å². The van der Waals surface area contributed by atoms with Gasteiger partial charge in [-0.1, -0.05) is 30.3 Å². The number of nitrogens with zero attached hydrogens (tertiary/aromatic N) is 2. The molecule has 0 fully saturated rings. The molecule has 142 valence electrons. The number of H-pyrrole nitrogens is 1. The quantitative estimate of drug-likeness (QED) is 0.511. The van der Waals surface area contributed by atoms with Crippen LogP contribution in [0.4, 0.5) is 0 Å². The third-order valence-corrected chi connectivity index (χ3v) is 4.78. The molecule has 0 saturated carbocycles. The predicted octanol–water partition coefficient (Wildman–Crippen LogP) is 3.63. The first kappa shape index (κ1) is 18.0. The number of aryl methyl sites for hydroxylation is 1. The molecule has 0 radical (unpaired) electrons. The van der Waals surface area contributed by atoms with Crippen molar-refractivity contribution in [3.8, 4) is 5.75 Å². The van der Waals surface area contributed by atoms with Crippen molar-refractivity contribution < 1.29 is 9.53 Å². The summed E-state index contributed by atoms with van der Waals surface area (Å²) >= 11 is 0. The molecular formula is C22H22N4O2. The van der Waals surface area contributed by atoms with Crippen LogP contribution < -0.4 is 10.2 Å². The van der Waals surface area contributed by atoms with Crippen molar-refractivity contribution in [2.24, 2.45) is 5.10 Å². The van der Waals surface area contributed by atoms with Gasteiger partial charge >= 0.3 is 0 Å². The summed E-state index contributed by atoms with van der Waals surface area (Å²) < 4.78 is 5.77. The molecule has 1 aliphatic rings. The van der Waals surface area contributed by atoms with Gasteiger partial charge in [0, 0.05) is 11.3 Å². The van der Waals surface area contributed by atoms with Crippen molar-refractivity contribution >= 4 is 12.1 Å². The summed E-state index contributed by atoms with van der Waals surface area (Å²) in [5.74, 6) is 0.506. The number of hydrogen-bond acceptors (Lipinski definition) is 4. The van der Waals surface area contributed by atoms with Crippen LogP contribution >= 0.6 is 0 Å². The number of fused-ring (bicyclic) bond motifs is 1. The lowest BCUT2D eigenvalue weighted by atomic mass is 9.96. The number of hydrazone groups is 1. The maximum absolute atomic E-state index is 12.3. The van der Waals surface area contributed by atoms with Gasteiger partial charge in [0.05, 0.1) is 6.21 Å². The van der Waals surface area contributed by atoms with Crippen LogP contribution in [0.5, 0.6) is 5.75 Å². The van der Waals surface area contributed by atoms with Crippen LogP contribution in [0.3, 0.4) is 0 Å². The van der Waals surface area contributed by atoms with E-state index in [1.54, 1.807) is 6.21 Å². The molecular weight excluding hydrogens is 352 g/mol. The first-order valence-electron chi connectivity index (χ1n) is 9.46. The van der Waals surface area contributed by atoms with Gasteiger partial charge in [0.1, 0.15) is 12.4 Å². The van der Waals surface area contributed by atoms with E-state index in [1.165, 1.54) is 0 Å². The minimum Gasteiger partial charge on any atom is -0.489 e. The second-order valence-corrected chi connectivity index (χ2v) is 6.78. The zero-order valence-electron chi connectivity index (χ0n) is 15.5. The van der Waals surface area contributed by atoms with Crippen molar-refractivity contribution in [2.75, 3.05) is 0 Å². The zero-order valence-corrected chi connectivity index (χ0v) is 15.5. The number of amides is 1. The van der Waals surface area contributed by atoms with Crippen LogP contribution in [-0.4, -0.2) is 22.3 Å². The Kier molecular flexibility index (Phi) is 5.47. The molecule has 6 nitrogen and oxygen atoms in total. The van der Waals surface area contributed by atoms with Crippen molar-refractivity contribution in [2.45, 2.75) is 32.3 Å². The first-order valence-corrected chi connectivity index (χ1v) is 9.46. The maximum atomic E-state index is 12.3. The summed E-state index contributed by atoms with van der Waals surface area (Å²) in [5.41, 5.74) is 7.11. The average Bonchev–Trinajstić information content (AvgIpc) is 3.18. The molecule has 2 aromatic carbocycles. The molecule has 6 heteroatoms. The van der Waals surface area contributed by atoms with E-state index in [9.17, 15) is 4.79 Å². The second kappa shape index (κ2) is 8.52. The fraction of sp³-hybridized carbons (Fsp3) is 0.227. The van der Waals surface area contributed by atoms with E-state index in [0.717, 1.165) is 53.8 Å². The van der Waals surface area contributed by atoms with Gasteiger partial charge in [-0.25, -0.2) is 5.43 Å². The van der Waals surface area contributed by atoms with E-state index in [1.807, 2.05) is 54.6 Å². The van der Waals surface area contributed by atoms with E-state index < -0.39 is 0 Å². The molecule has 1 aromatic heterocycles. The van der Waals surface area contributed by atoms with Gasteiger partial charge in [-0.05, 0) is 61.1 Å². The van der Waals surface area contributed by atoms with Gasteiger partial charge in [0.25, 0.3) is 5.91 Å². The van der Waals surface area contributed by atoms with Crippen LogP contribution in [0, 0.1) is 0 Å². The molecule has 0 unspecified atom stereocenters. The summed E-state index contributed by atoms with van der Waals surface area (Å²) in [6.07, 6.45) is 5.69. The monoisotopic (exact) mass is 374 g/mol. The summed E-state index contributed by atoms with van der Waals surface area (Å²) in [6.45, 7) is 0.526. The van der Waals surface area contributed by atoms with Crippen molar-refractivity contribution in [1.29, 1.82) is 0 Å².